The van der Waals surface area contributed by atoms with Gasteiger partial charge in [0, 0.05) is 69.3 Å². The maximum absolute atomic E-state index is 9.85. The Kier molecular flexibility index (Phi) is 8.67. The molecule has 0 aliphatic carbocycles. The van der Waals surface area contributed by atoms with E-state index in [2.05, 4.69) is 57.3 Å². The van der Waals surface area contributed by atoms with Crippen LogP contribution in [0, 0.1) is 54.3 Å². The van der Waals surface area contributed by atoms with Gasteiger partial charge in [0.25, 0.3) is 0 Å². The predicted octanol–water partition coefficient (Wildman–Crippen LogP) is 5.88. The van der Waals surface area contributed by atoms with E-state index < -0.39 is 0 Å². The van der Waals surface area contributed by atoms with Crippen LogP contribution < -0.4 is 0 Å². The summed E-state index contributed by atoms with van der Waals surface area (Å²) in [6.45, 7) is 1.92. The fourth-order valence-corrected chi connectivity index (χ4v) is 3.84. The lowest BCUT2D eigenvalue weighted by Gasteiger charge is -2.06. The second-order valence-electron chi connectivity index (χ2n) is 9.10. The van der Waals surface area contributed by atoms with Gasteiger partial charge in [-0.3, -0.25) is 9.97 Å². The highest BCUT2D eigenvalue weighted by Crippen LogP contribution is 2.17. The lowest BCUT2D eigenvalue weighted by molar-refractivity contribution is 0.282. The number of pyridine rings is 2. The van der Waals surface area contributed by atoms with Gasteiger partial charge in [-0.1, -0.05) is 47.4 Å². The molecule has 0 saturated heterocycles. The van der Waals surface area contributed by atoms with Crippen molar-refractivity contribution in [3.8, 4) is 47.4 Å². The molecule has 0 fully saturated rings. The predicted molar refractivity (Wildman–Crippen MR) is 162 cm³/mol. The van der Waals surface area contributed by atoms with E-state index in [1.54, 1.807) is 24.8 Å². The molecule has 41 heavy (non-hydrogen) atoms. The maximum Gasteiger partial charge on any atom is 0.0682 e. The van der Waals surface area contributed by atoms with Gasteiger partial charge < -0.3 is 5.11 Å². The van der Waals surface area contributed by atoms with Crippen LogP contribution in [0.5, 0.6) is 0 Å². The molecule has 0 unspecified atom stereocenters. The third kappa shape index (κ3) is 7.60. The van der Waals surface area contributed by atoms with E-state index in [4.69, 9.17) is 0 Å². The molecular weight excluding hydrogens is 500 g/mol. The van der Waals surface area contributed by atoms with Crippen molar-refractivity contribution in [3.63, 3.8) is 0 Å². The Morgan fingerprint density at radius 3 is 1.07 bits per heavy atom. The van der Waals surface area contributed by atoms with Crippen molar-refractivity contribution >= 4 is 0 Å². The molecule has 0 bridgehead atoms. The Labute approximate surface area is 241 Å². The monoisotopic (exact) mass is 524 g/mol. The molecule has 0 amide bonds. The van der Waals surface area contributed by atoms with Gasteiger partial charge in [0.1, 0.15) is 0 Å². The molecule has 2 heterocycles. The Balaban J connectivity index is 1.33. The van der Waals surface area contributed by atoms with Crippen LogP contribution in [-0.2, 0) is 6.61 Å². The van der Waals surface area contributed by atoms with Crippen molar-refractivity contribution in [1.29, 1.82) is 0 Å². The van der Waals surface area contributed by atoms with Crippen molar-refractivity contribution in [2.45, 2.75) is 13.5 Å². The zero-order chi connectivity index (χ0) is 28.3. The highest BCUT2D eigenvalue weighted by Gasteiger charge is 2.04. The number of hydrogen-bond donors (Lipinski definition) is 1. The molecule has 5 aromatic rings. The number of nitrogens with zero attached hydrogens (tertiary/aromatic N) is 2. The average Bonchev–Trinajstić information content (AvgIpc) is 3.03. The number of aromatic nitrogens is 2. The Bertz CT molecular complexity index is 1770. The van der Waals surface area contributed by atoms with E-state index in [1.165, 1.54) is 0 Å². The topological polar surface area (TPSA) is 46.0 Å². The molecule has 0 saturated carbocycles. The molecule has 0 radical (unpaired) electrons. The summed E-state index contributed by atoms with van der Waals surface area (Å²) in [7, 11) is 0. The van der Waals surface area contributed by atoms with Crippen LogP contribution in [0.25, 0.3) is 0 Å². The van der Waals surface area contributed by atoms with E-state index in [-0.39, 0.29) is 6.61 Å². The van der Waals surface area contributed by atoms with Crippen molar-refractivity contribution in [3.05, 3.63) is 165 Å². The summed E-state index contributed by atoms with van der Waals surface area (Å²) in [6, 6.07) is 27.0. The van der Waals surface area contributed by atoms with Gasteiger partial charge in [-0.05, 0) is 103 Å². The highest BCUT2D eigenvalue weighted by molar-refractivity contribution is 5.57. The number of benzene rings is 3. The van der Waals surface area contributed by atoms with Crippen molar-refractivity contribution in [2.24, 2.45) is 0 Å². The molecule has 0 aliphatic heterocycles. The zero-order valence-corrected chi connectivity index (χ0v) is 22.4. The van der Waals surface area contributed by atoms with Gasteiger partial charge >= 0.3 is 0 Å². The SMILES string of the molecule is Cc1c(C#Cc2ccc(C#Cc3ccncc3)cc2)cc(CO)cc1C#Cc1ccc(C#Cc2ccncc2)cc1. The fourth-order valence-electron chi connectivity index (χ4n) is 3.84. The second kappa shape index (κ2) is 13.3. The van der Waals surface area contributed by atoms with Crippen molar-refractivity contribution < 1.29 is 5.11 Å². The highest BCUT2D eigenvalue weighted by atomic mass is 16.3. The molecule has 3 nitrogen and oxygen atoms in total. The first-order valence-corrected chi connectivity index (χ1v) is 13.0. The van der Waals surface area contributed by atoms with E-state index in [0.29, 0.717) is 0 Å². The summed E-state index contributed by atoms with van der Waals surface area (Å²) < 4.78 is 0. The van der Waals surface area contributed by atoms with Gasteiger partial charge in [-0.25, -0.2) is 0 Å². The van der Waals surface area contributed by atoms with Gasteiger partial charge in [0.15, 0.2) is 0 Å². The van der Waals surface area contributed by atoms with Gasteiger partial charge in [-0.15, -0.1) is 0 Å². The second-order valence-corrected chi connectivity index (χ2v) is 9.10. The average molecular weight is 525 g/mol. The van der Waals surface area contributed by atoms with Gasteiger partial charge in [0.05, 0.1) is 6.61 Å². The Morgan fingerprint density at radius 2 is 0.756 bits per heavy atom. The third-order valence-corrected chi connectivity index (χ3v) is 6.17. The van der Waals surface area contributed by atoms with Crippen LogP contribution in [-0.4, -0.2) is 15.1 Å². The Hall–Kier alpha value is -5.84. The molecule has 0 aliphatic rings. The van der Waals surface area contributed by atoms with Crippen LogP contribution >= 0.6 is 0 Å². The summed E-state index contributed by atoms with van der Waals surface area (Å²) in [5.41, 5.74) is 8.86. The summed E-state index contributed by atoms with van der Waals surface area (Å²) in [4.78, 5) is 8.02. The quantitative estimate of drug-likeness (QED) is 0.279. The lowest BCUT2D eigenvalue weighted by atomic mass is 9.98. The van der Waals surface area contributed by atoms with Crippen LogP contribution in [0.4, 0.5) is 0 Å². The van der Waals surface area contributed by atoms with Gasteiger partial charge in [0.2, 0.25) is 0 Å². The molecule has 192 valence electrons. The minimum absolute atomic E-state index is 0.0840. The first-order valence-electron chi connectivity index (χ1n) is 13.0. The van der Waals surface area contributed by atoms with E-state index >= 15 is 0 Å². The van der Waals surface area contributed by atoms with Crippen LogP contribution in [0.15, 0.2) is 110 Å². The smallest absolute Gasteiger partial charge is 0.0682 e. The Morgan fingerprint density at radius 1 is 0.463 bits per heavy atom. The normalized spacial score (nSPS) is 9.51. The lowest BCUT2D eigenvalue weighted by Crippen LogP contribution is -1.94. The van der Waals surface area contributed by atoms with Crippen LogP contribution in [0.2, 0.25) is 0 Å². The first-order chi connectivity index (χ1) is 20.2. The summed E-state index contributed by atoms with van der Waals surface area (Å²) in [6.07, 6.45) is 6.92. The maximum atomic E-state index is 9.85. The summed E-state index contributed by atoms with van der Waals surface area (Å²) >= 11 is 0. The molecule has 0 atom stereocenters. The molecule has 1 N–H and O–H groups in total. The largest absolute Gasteiger partial charge is 0.392 e. The van der Waals surface area contributed by atoms with Crippen molar-refractivity contribution in [1.82, 2.24) is 9.97 Å². The first kappa shape index (κ1) is 26.8. The minimum atomic E-state index is -0.0840. The minimum Gasteiger partial charge on any atom is -0.392 e. The fraction of sp³-hybridized carbons (Fsp3) is 0.0526. The molecule has 2 aromatic heterocycles. The molecular formula is C38H24N2O. The van der Waals surface area contributed by atoms with Crippen LogP contribution in [0.1, 0.15) is 55.6 Å². The number of hydrogen-bond acceptors (Lipinski definition) is 3. The number of rotatable bonds is 1. The number of aliphatic hydroxyl groups is 1. The molecule has 0 spiro atoms. The van der Waals surface area contributed by atoms with E-state index in [0.717, 1.165) is 55.6 Å². The third-order valence-electron chi connectivity index (χ3n) is 6.17. The molecule has 5 rings (SSSR count). The zero-order valence-electron chi connectivity index (χ0n) is 22.4. The van der Waals surface area contributed by atoms with Gasteiger partial charge in [-0.2, -0.15) is 0 Å². The standard InChI is InChI=1S/C38H24N2O/c1-29-37(16-14-32-6-2-30(3-7-32)10-12-34-18-22-39-23-19-34)26-36(28-41)27-38(29)17-15-33-8-4-31(5-9-33)11-13-35-20-24-40-25-21-35/h2-9,18-27,41H,28H2,1H3. The number of aliphatic hydroxyl groups excluding tert-OH is 1. The summed E-state index contributed by atoms with van der Waals surface area (Å²) in [5.74, 6) is 25.6. The van der Waals surface area contributed by atoms with E-state index in [1.807, 2.05) is 91.9 Å². The summed E-state index contributed by atoms with van der Waals surface area (Å²) in [5, 5.41) is 9.85. The molecule has 3 aromatic carbocycles. The van der Waals surface area contributed by atoms with E-state index in [9.17, 15) is 5.11 Å². The molecule has 3 heteroatoms. The van der Waals surface area contributed by atoms with Crippen LogP contribution in [0.3, 0.4) is 0 Å². The van der Waals surface area contributed by atoms with Crippen molar-refractivity contribution in [2.75, 3.05) is 0 Å².